The van der Waals surface area contributed by atoms with Gasteiger partial charge >= 0.3 is 6.03 Å². The lowest BCUT2D eigenvalue weighted by Crippen LogP contribution is -2.30. The molecule has 45 heavy (non-hydrogen) atoms. The highest BCUT2D eigenvalue weighted by molar-refractivity contribution is 6.13. The number of likely N-dealkylation sites (N-methyl/N-ethyl adjacent to an activating group) is 1. The molecule has 0 aromatic carbocycles. The maximum atomic E-state index is 13.0. The molecule has 0 bridgehead atoms. The Morgan fingerprint density at radius 2 is 1.87 bits per heavy atom. The number of amides is 4. The van der Waals surface area contributed by atoms with Gasteiger partial charge in [-0.1, -0.05) is 0 Å². The van der Waals surface area contributed by atoms with Crippen molar-refractivity contribution >= 4 is 40.9 Å². The number of aryl methyl sites for hydroxylation is 1. The lowest BCUT2D eigenvalue weighted by molar-refractivity contribution is -0.124. The summed E-state index contributed by atoms with van der Waals surface area (Å²) in [5.74, 6) is 1.10. The Labute approximate surface area is 258 Å². The number of fused-ring (bicyclic) bond motifs is 1. The van der Waals surface area contributed by atoms with E-state index >= 15 is 0 Å². The summed E-state index contributed by atoms with van der Waals surface area (Å²) in [5, 5.41) is 13.6. The van der Waals surface area contributed by atoms with Crippen molar-refractivity contribution in [3.63, 3.8) is 0 Å². The number of β-amino-alcohol motifs (C(OH)–C–C–N with tert-alkyl or cyclic N) is 1. The van der Waals surface area contributed by atoms with Crippen molar-refractivity contribution in [2.24, 2.45) is 5.92 Å². The second kappa shape index (κ2) is 10.3. The van der Waals surface area contributed by atoms with Crippen molar-refractivity contribution in [2.75, 3.05) is 35.3 Å². The largest absolute Gasteiger partial charge is 0.391 e. The Kier molecular flexibility index (Phi) is 6.31. The molecule has 4 aliphatic rings. The number of nitrogens with zero attached hydrogens (tertiary/aromatic N) is 9. The van der Waals surface area contributed by atoms with Crippen LogP contribution in [0, 0.1) is 12.8 Å². The van der Waals surface area contributed by atoms with Gasteiger partial charge in [0.05, 0.1) is 23.5 Å². The van der Waals surface area contributed by atoms with Gasteiger partial charge in [0.2, 0.25) is 17.8 Å². The lowest BCUT2D eigenvalue weighted by atomic mass is 10.1. The molecule has 4 aromatic rings. The number of carbonyl (C=O) groups excluding carboxylic acids is 3. The molecule has 2 aliphatic heterocycles. The van der Waals surface area contributed by atoms with Crippen LogP contribution >= 0.6 is 0 Å². The highest BCUT2D eigenvalue weighted by atomic mass is 16.3. The SMILES string of the molecule is Cc1ccnc(C2CC2C(=O)Nc2nccc(N3C[C@@H](O)C[C@@H]3c3cn4cc(C5CC5)cc(N5CC(=O)N(C)C5=O)c4n3)n2)n1. The van der Waals surface area contributed by atoms with E-state index in [-0.39, 0.29) is 48.2 Å². The summed E-state index contributed by atoms with van der Waals surface area (Å²) < 4.78 is 1.92. The average molecular weight is 609 g/mol. The van der Waals surface area contributed by atoms with Crippen LogP contribution in [-0.2, 0) is 9.59 Å². The number of pyridine rings is 1. The van der Waals surface area contributed by atoms with Crippen molar-refractivity contribution in [1.29, 1.82) is 0 Å². The van der Waals surface area contributed by atoms with E-state index in [9.17, 15) is 19.5 Å². The van der Waals surface area contributed by atoms with E-state index in [0.29, 0.717) is 54.0 Å². The zero-order chi connectivity index (χ0) is 31.0. The number of aromatic nitrogens is 6. The fourth-order valence-corrected chi connectivity index (χ4v) is 6.44. The number of urea groups is 1. The minimum absolute atomic E-state index is 0.0269. The third kappa shape index (κ3) is 4.94. The molecule has 14 nitrogen and oxygen atoms in total. The number of rotatable bonds is 7. The van der Waals surface area contributed by atoms with Crippen LogP contribution < -0.4 is 15.1 Å². The van der Waals surface area contributed by atoms with Crippen LogP contribution in [0.2, 0.25) is 0 Å². The molecule has 4 atom stereocenters. The molecule has 2 unspecified atom stereocenters. The zero-order valence-electron chi connectivity index (χ0n) is 24.9. The molecule has 4 fully saturated rings. The molecule has 2 saturated heterocycles. The van der Waals surface area contributed by atoms with E-state index in [1.165, 1.54) is 11.9 Å². The number of imidazole rings is 1. The first-order valence-corrected chi connectivity index (χ1v) is 15.2. The van der Waals surface area contributed by atoms with E-state index in [2.05, 4.69) is 25.3 Å². The standard InChI is InChI=1S/C31H32N10O4/c1-16-5-7-32-27(34-16)20-11-21(20)29(44)37-30-33-8-6-25(36-30)40-13-19(42)10-23(40)22-14-39-12-18(17-3-4-17)9-24(28(39)35-22)41-15-26(43)38(2)31(41)45/h5-9,12,14,17,19-21,23,42H,3-4,10-11,13,15H2,1-2H3,(H,33,36,37,44)/t19-,20?,21?,23+/m0/s1. The molecule has 4 aromatic heterocycles. The molecule has 8 rings (SSSR count). The summed E-state index contributed by atoms with van der Waals surface area (Å²) in [6.45, 7) is 2.18. The Morgan fingerprint density at radius 3 is 2.62 bits per heavy atom. The molecule has 14 heteroatoms. The second-order valence-electron chi connectivity index (χ2n) is 12.4. The minimum atomic E-state index is -0.623. The third-order valence-electron chi connectivity index (χ3n) is 9.16. The first kappa shape index (κ1) is 27.6. The van der Waals surface area contributed by atoms with Gasteiger partial charge in [0.25, 0.3) is 0 Å². The molecule has 230 valence electrons. The number of nitrogens with one attached hydrogen (secondary N) is 1. The molecule has 0 spiro atoms. The summed E-state index contributed by atoms with van der Waals surface area (Å²) in [5.41, 5.74) is 3.83. The number of hydrogen-bond donors (Lipinski definition) is 2. The topological polar surface area (TPSA) is 162 Å². The van der Waals surface area contributed by atoms with Gasteiger partial charge in [-0.2, -0.15) is 4.98 Å². The van der Waals surface area contributed by atoms with Crippen LogP contribution in [0.15, 0.2) is 43.0 Å². The van der Waals surface area contributed by atoms with Crippen LogP contribution in [0.3, 0.4) is 0 Å². The number of imide groups is 1. The van der Waals surface area contributed by atoms with Crippen LogP contribution in [0.1, 0.15) is 66.3 Å². The highest BCUT2D eigenvalue weighted by Crippen LogP contribution is 2.47. The molecule has 6 heterocycles. The first-order chi connectivity index (χ1) is 21.7. The van der Waals surface area contributed by atoms with Crippen molar-refractivity contribution in [2.45, 2.75) is 56.6 Å². The van der Waals surface area contributed by atoms with Gasteiger partial charge in [-0.05, 0) is 55.9 Å². The number of anilines is 3. The minimum Gasteiger partial charge on any atom is -0.391 e. The van der Waals surface area contributed by atoms with Gasteiger partial charge in [0, 0.05) is 62.3 Å². The number of aliphatic hydroxyl groups excluding tert-OH is 1. The number of aliphatic hydroxyl groups is 1. The first-order valence-electron chi connectivity index (χ1n) is 15.2. The Morgan fingerprint density at radius 1 is 1.04 bits per heavy atom. The fourth-order valence-electron chi connectivity index (χ4n) is 6.44. The summed E-state index contributed by atoms with van der Waals surface area (Å²) in [7, 11) is 1.49. The maximum Gasteiger partial charge on any atom is 0.331 e. The van der Waals surface area contributed by atoms with Gasteiger partial charge in [-0.25, -0.2) is 24.7 Å². The van der Waals surface area contributed by atoms with E-state index in [0.717, 1.165) is 29.0 Å². The van der Waals surface area contributed by atoms with Gasteiger partial charge in [0.15, 0.2) is 5.65 Å². The van der Waals surface area contributed by atoms with Crippen LogP contribution in [0.5, 0.6) is 0 Å². The molecule has 2 saturated carbocycles. The molecule has 4 amide bonds. The highest BCUT2D eigenvalue weighted by Gasteiger charge is 2.46. The normalized spacial score (nSPS) is 24.6. The number of carbonyl (C=O) groups is 3. The fraction of sp³-hybridized carbons (Fsp3) is 0.419. The van der Waals surface area contributed by atoms with Crippen molar-refractivity contribution in [3.8, 4) is 0 Å². The smallest absolute Gasteiger partial charge is 0.331 e. The van der Waals surface area contributed by atoms with E-state index in [1.807, 2.05) is 40.8 Å². The monoisotopic (exact) mass is 608 g/mol. The average Bonchev–Trinajstić information content (AvgIpc) is 3.94. The van der Waals surface area contributed by atoms with E-state index in [4.69, 9.17) is 4.98 Å². The van der Waals surface area contributed by atoms with Gasteiger partial charge in [-0.15, -0.1) is 0 Å². The van der Waals surface area contributed by atoms with Crippen LogP contribution in [-0.4, -0.2) is 83.4 Å². The quantitative estimate of drug-likeness (QED) is 0.298. The predicted molar refractivity (Wildman–Crippen MR) is 162 cm³/mol. The van der Waals surface area contributed by atoms with Crippen molar-refractivity contribution < 1.29 is 19.5 Å². The predicted octanol–water partition coefficient (Wildman–Crippen LogP) is 2.55. The van der Waals surface area contributed by atoms with Crippen molar-refractivity contribution in [1.82, 2.24) is 34.2 Å². The molecular formula is C31H32N10O4. The summed E-state index contributed by atoms with van der Waals surface area (Å²) in [4.78, 5) is 65.6. The Bertz CT molecular complexity index is 1870. The summed E-state index contributed by atoms with van der Waals surface area (Å²) in [6, 6.07) is 4.86. The molecular weight excluding hydrogens is 576 g/mol. The number of hydrogen-bond acceptors (Lipinski definition) is 10. The molecule has 2 N–H and O–H groups in total. The molecule has 2 aliphatic carbocycles. The summed E-state index contributed by atoms with van der Waals surface area (Å²) in [6.07, 6.45) is 9.89. The van der Waals surface area contributed by atoms with Crippen molar-refractivity contribution in [3.05, 3.63) is 65.8 Å². The van der Waals surface area contributed by atoms with Gasteiger partial charge < -0.3 is 14.4 Å². The Hall–Kier alpha value is -4.98. The third-order valence-corrected chi connectivity index (χ3v) is 9.16. The van der Waals surface area contributed by atoms with E-state index < -0.39 is 6.10 Å². The Balaban J connectivity index is 1.06. The zero-order valence-corrected chi connectivity index (χ0v) is 24.9. The van der Waals surface area contributed by atoms with E-state index in [1.54, 1.807) is 18.5 Å². The van der Waals surface area contributed by atoms with Crippen LogP contribution in [0.25, 0.3) is 5.65 Å². The van der Waals surface area contributed by atoms with Crippen LogP contribution in [0.4, 0.5) is 22.2 Å². The summed E-state index contributed by atoms with van der Waals surface area (Å²) >= 11 is 0. The van der Waals surface area contributed by atoms with Gasteiger partial charge in [0.1, 0.15) is 18.2 Å². The lowest BCUT2D eigenvalue weighted by Gasteiger charge is -2.24. The second-order valence-corrected chi connectivity index (χ2v) is 12.4. The van der Waals surface area contributed by atoms with Gasteiger partial charge in [-0.3, -0.25) is 24.7 Å². The molecule has 0 radical (unpaired) electrons. The maximum absolute atomic E-state index is 13.0.